The number of nitrogens with one attached hydrogen (secondary N) is 3. The summed E-state index contributed by atoms with van der Waals surface area (Å²) >= 11 is 24.1. The lowest BCUT2D eigenvalue weighted by atomic mass is 9.73. The third-order valence-electron chi connectivity index (χ3n) is 13.1. The molecule has 2 saturated heterocycles. The lowest BCUT2D eigenvalue weighted by molar-refractivity contribution is -0.528. The van der Waals surface area contributed by atoms with Crippen molar-refractivity contribution < 1.29 is 43.2 Å². The second-order valence-corrected chi connectivity index (χ2v) is 18.6. The molecule has 0 bridgehead atoms. The first kappa shape index (κ1) is 46.7. The van der Waals surface area contributed by atoms with Crippen LogP contribution in [-0.4, -0.2) is 87.0 Å². The first-order valence-corrected chi connectivity index (χ1v) is 22.1. The van der Waals surface area contributed by atoms with E-state index in [-0.39, 0.29) is 27.1 Å². The average Bonchev–Trinajstić information content (AvgIpc) is 4.19. The highest BCUT2D eigenvalue weighted by Crippen LogP contribution is 2.59. The molecule has 6 aliphatic rings. The summed E-state index contributed by atoms with van der Waals surface area (Å²) in [4.78, 5) is 61.3. The van der Waals surface area contributed by atoms with Crippen LogP contribution in [0.15, 0.2) is 72.8 Å². The van der Waals surface area contributed by atoms with Crippen molar-refractivity contribution in [3.8, 4) is 0 Å². The van der Waals surface area contributed by atoms with Gasteiger partial charge in [0.2, 0.25) is 18.0 Å². The van der Waals surface area contributed by atoms with Gasteiger partial charge in [-0.05, 0) is 68.0 Å². The Labute approximate surface area is 389 Å². The Morgan fingerprint density at radius 3 is 1.77 bits per heavy atom. The topological polar surface area (TPSA) is 217 Å². The van der Waals surface area contributed by atoms with Crippen LogP contribution in [0.4, 0.5) is 20.2 Å². The number of carbonyl (C=O) groups excluding carboxylic acids is 3. The minimum atomic E-state index is -1.66. The second-order valence-electron chi connectivity index (χ2n) is 16.9. The fraction of sp³-hybridized carbons (Fsp3) is 0.386. The van der Waals surface area contributed by atoms with Gasteiger partial charge in [0.05, 0.1) is 35.1 Å². The van der Waals surface area contributed by atoms with Crippen molar-refractivity contribution in [1.82, 2.24) is 10.2 Å². The molecule has 4 heterocycles. The number of nitro groups is 2. The standard InChI is InChI=1S/C22H20Cl2FN3O4.C18H14Cl2FN3O4.C4H6O/c23-12-6-7-14-16(8-12)26-21(30)22(14)18(13-2-1-3-15(24)19(13)25)20(28(31)32)17(10-29)27(22)9-11-4-5-11;19-8-4-5-10-12(6-8)22-17(26)18(10)14(9-2-1-3-11(20)15(9)21)16(24(27)28)13(7-25)23-18;5-3-4-1-2-4/h1-3,6-8,11,17-18,20,29H,4-5,9-10H2,(H,26,30);1-6,13-14,16,23,25H,7H2,(H,22,26);3-4H,1-2H2/t17-,18-,20+,22+;13-,14-,16+,18+;/m00./s1. The number of aldehydes is 1. The van der Waals surface area contributed by atoms with E-state index in [2.05, 4.69) is 16.0 Å². The zero-order valence-electron chi connectivity index (χ0n) is 33.9. The van der Waals surface area contributed by atoms with E-state index in [4.69, 9.17) is 46.4 Å². The number of carbonyl (C=O) groups is 3. The van der Waals surface area contributed by atoms with E-state index in [1.807, 2.05) is 0 Å². The van der Waals surface area contributed by atoms with E-state index < -0.39 is 93.6 Å². The van der Waals surface area contributed by atoms with E-state index in [1.54, 1.807) is 35.2 Å². The third-order valence-corrected chi connectivity index (χ3v) is 14.2. The molecule has 0 aromatic heterocycles. The Morgan fingerprint density at radius 1 is 0.738 bits per heavy atom. The Balaban J connectivity index is 0.000000161. The Kier molecular flexibility index (Phi) is 13.0. The van der Waals surface area contributed by atoms with E-state index in [1.165, 1.54) is 42.5 Å². The number of hydrogen-bond donors (Lipinski definition) is 5. The van der Waals surface area contributed by atoms with Crippen LogP contribution in [0.5, 0.6) is 0 Å². The van der Waals surface area contributed by atoms with Gasteiger partial charge in [-0.2, -0.15) is 0 Å². The van der Waals surface area contributed by atoms with Crippen LogP contribution in [0.25, 0.3) is 0 Å². The normalized spacial score (nSPS) is 28.4. The van der Waals surface area contributed by atoms with Gasteiger partial charge in [-0.1, -0.05) is 82.8 Å². The molecule has 4 aromatic rings. The number of amides is 2. The molecule has 342 valence electrons. The number of aliphatic hydroxyl groups excluding tert-OH is 2. The smallest absolute Gasteiger partial charge is 0.250 e. The summed E-state index contributed by atoms with van der Waals surface area (Å²) in [5.41, 5.74) is -1.65. The number of rotatable bonds is 9. The predicted octanol–water partition coefficient (Wildman–Crippen LogP) is 7.06. The van der Waals surface area contributed by atoms with Gasteiger partial charge < -0.3 is 25.6 Å². The molecular formula is C44H40Cl4F2N6O9. The summed E-state index contributed by atoms with van der Waals surface area (Å²) in [6.07, 6.45) is 5.17. The monoisotopic (exact) mass is 974 g/mol. The zero-order valence-corrected chi connectivity index (χ0v) is 37.0. The molecule has 2 aliphatic carbocycles. The Morgan fingerprint density at radius 2 is 1.28 bits per heavy atom. The van der Waals surface area contributed by atoms with Crippen molar-refractivity contribution in [3.05, 3.63) is 147 Å². The minimum Gasteiger partial charge on any atom is -0.394 e. The maximum Gasteiger partial charge on any atom is 0.250 e. The number of likely N-dealkylation sites (tertiary alicyclic amines) is 1. The summed E-state index contributed by atoms with van der Waals surface area (Å²) in [7, 11) is 0. The lowest BCUT2D eigenvalue weighted by Gasteiger charge is -2.38. The van der Waals surface area contributed by atoms with Crippen molar-refractivity contribution in [2.45, 2.75) is 72.8 Å². The maximum atomic E-state index is 15.3. The number of fused-ring (bicyclic) bond motifs is 4. The Bertz CT molecular complexity index is 2610. The molecule has 65 heavy (non-hydrogen) atoms. The van der Waals surface area contributed by atoms with Gasteiger partial charge >= 0.3 is 0 Å². The van der Waals surface area contributed by atoms with Gasteiger partial charge in [0, 0.05) is 66.0 Å². The highest BCUT2D eigenvalue weighted by molar-refractivity contribution is 6.32. The molecule has 2 saturated carbocycles. The molecule has 21 heteroatoms. The number of hydrogen-bond acceptors (Lipinski definition) is 11. The van der Waals surface area contributed by atoms with Gasteiger partial charge in [0.1, 0.15) is 41.1 Å². The number of nitrogens with zero attached hydrogens (tertiary/aromatic N) is 3. The van der Waals surface area contributed by atoms with Gasteiger partial charge in [0.15, 0.2) is 0 Å². The van der Waals surface area contributed by atoms with E-state index in [0.717, 1.165) is 32.0 Å². The molecular weight excluding hydrogens is 936 g/mol. The lowest BCUT2D eigenvalue weighted by Crippen LogP contribution is -2.53. The SMILES string of the molecule is O=C1Nc2cc(Cl)ccc2[C@@]12[C@@H](c1cccc(Cl)c1F)[C@H]([N+](=O)[O-])[C@H](CO)N2CC1CC1.O=C1Nc2cc(Cl)ccc2[C@]12N[C@@H](CO)[C@@H]([N+](=O)[O-])[C@@H]2c1cccc(Cl)c1F.O=CC1CC1. The molecule has 4 aromatic carbocycles. The summed E-state index contributed by atoms with van der Waals surface area (Å²) in [6.45, 7) is -0.777. The number of benzene rings is 4. The molecule has 10 rings (SSSR count). The first-order valence-electron chi connectivity index (χ1n) is 20.6. The van der Waals surface area contributed by atoms with Crippen molar-refractivity contribution in [2.24, 2.45) is 11.8 Å². The highest BCUT2D eigenvalue weighted by atomic mass is 35.5. The molecule has 5 N–H and O–H groups in total. The average molecular weight is 977 g/mol. The molecule has 15 nitrogen and oxygen atoms in total. The minimum absolute atomic E-state index is 0.0195. The van der Waals surface area contributed by atoms with Crippen LogP contribution in [0.2, 0.25) is 20.1 Å². The Hall–Kier alpha value is -4.85. The largest absolute Gasteiger partial charge is 0.394 e. The molecule has 2 amide bonds. The molecule has 4 fully saturated rings. The van der Waals surface area contributed by atoms with Gasteiger partial charge in [-0.3, -0.25) is 40.0 Å². The van der Waals surface area contributed by atoms with Crippen LogP contribution in [-0.2, 0) is 25.5 Å². The predicted molar refractivity (Wildman–Crippen MR) is 236 cm³/mol. The van der Waals surface area contributed by atoms with Crippen molar-refractivity contribution >= 4 is 75.9 Å². The van der Waals surface area contributed by atoms with Gasteiger partial charge in [-0.15, -0.1) is 0 Å². The summed E-state index contributed by atoms with van der Waals surface area (Å²) < 4.78 is 30.3. The van der Waals surface area contributed by atoms with E-state index >= 15 is 4.39 Å². The molecule has 2 spiro atoms. The molecule has 4 aliphatic heterocycles. The van der Waals surface area contributed by atoms with Crippen LogP contribution in [0, 0.1) is 43.7 Å². The summed E-state index contributed by atoms with van der Waals surface area (Å²) in [5, 5.41) is 53.1. The number of aliphatic hydroxyl groups is 2. The van der Waals surface area contributed by atoms with E-state index in [0.29, 0.717) is 45.0 Å². The van der Waals surface area contributed by atoms with Crippen LogP contribution in [0.3, 0.4) is 0 Å². The van der Waals surface area contributed by atoms with Crippen LogP contribution >= 0.6 is 46.4 Å². The quantitative estimate of drug-likeness (QED) is 0.0650. The van der Waals surface area contributed by atoms with E-state index in [9.17, 15) is 49.2 Å². The van der Waals surface area contributed by atoms with Gasteiger partial charge in [0.25, 0.3) is 5.91 Å². The summed E-state index contributed by atoms with van der Waals surface area (Å²) in [5.74, 6) is -4.48. The van der Waals surface area contributed by atoms with Gasteiger partial charge in [-0.25, -0.2) is 8.78 Å². The third kappa shape index (κ3) is 7.92. The number of anilines is 2. The number of halogens is 6. The molecule has 8 atom stereocenters. The summed E-state index contributed by atoms with van der Waals surface area (Å²) in [6, 6.07) is 13.0. The second kappa shape index (κ2) is 18.1. The fourth-order valence-corrected chi connectivity index (χ4v) is 10.7. The van der Waals surface area contributed by atoms with Crippen LogP contribution < -0.4 is 16.0 Å². The van der Waals surface area contributed by atoms with Crippen molar-refractivity contribution in [1.29, 1.82) is 0 Å². The van der Waals surface area contributed by atoms with Crippen molar-refractivity contribution in [2.75, 3.05) is 30.4 Å². The fourth-order valence-electron chi connectivity index (χ4n) is 10.0. The maximum absolute atomic E-state index is 15.3. The first-order chi connectivity index (χ1) is 31.0. The van der Waals surface area contributed by atoms with Crippen LogP contribution in [0.1, 0.15) is 59.8 Å². The molecule has 0 radical (unpaired) electrons. The molecule has 0 unspecified atom stereocenters. The highest BCUT2D eigenvalue weighted by Gasteiger charge is 2.72. The van der Waals surface area contributed by atoms with Crippen molar-refractivity contribution in [3.63, 3.8) is 0 Å². The zero-order chi connectivity index (χ0) is 46.7.